The molecule has 2 unspecified atom stereocenters. The zero-order valence-electron chi connectivity index (χ0n) is 11.1. The van der Waals surface area contributed by atoms with Gasteiger partial charge in [-0.3, -0.25) is 4.79 Å². The van der Waals surface area contributed by atoms with Crippen molar-refractivity contribution in [2.75, 3.05) is 6.61 Å². The Hall–Kier alpha value is -1.55. The van der Waals surface area contributed by atoms with Crippen molar-refractivity contribution in [2.24, 2.45) is 0 Å². The number of aliphatic hydroxyl groups is 1. The minimum Gasteiger partial charge on any atom is -0.493 e. The number of carbonyl (C=O) groups excluding carboxylic acids is 1. The van der Waals surface area contributed by atoms with E-state index in [0.29, 0.717) is 24.3 Å². The standard InChI is InChI=1S/C14H21NO3/c1-4-18-13-8-6-5-7-12(13)14(17)15-10(2)9-11(3)16/h5-8,10-11,16H,4,9H2,1-3H3,(H,15,17). The quantitative estimate of drug-likeness (QED) is 0.812. The fourth-order valence-corrected chi connectivity index (χ4v) is 1.81. The van der Waals surface area contributed by atoms with Crippen LogP contribution in [0.5, 0.6) is 5.75 Å². The minimum atomic E-state index is -0.428. The van der Waals surface area contributed by atoms with Crippen molar-refractivity contribution < 1.29 is 14.6 Å². The Morgan fingerprint density at radius 1 is 1.39 bits per heavy atom. The van der Waals surface area contributed by atoms with Crippen LogP contribution in [0.4, 0.5) is 0 Å². The first-order valence-electron chi connectivity index (χ1n) is 6.25. The van der Waals surface area contributed by atoms with Crippen molar-refractivity contribution in [3.05, 3.63) is 29.8 Å². The molecule has 1 aromatic rings. The number of amides is 1. The summed E-state index contributed by atoms with van der Waals surface area (Å²) in [5.41, 5.74) is 0.525. The van der Waals surface area contributed by atoms with E-state index in [1.54, 1.807) is 25.1 Å². The summed E-state index contributed by atoms with van der Waals surface area (Å²) >= 11 is 0. The van der Waals surface area contributed by atoms with Gasteiger partial charge in [-0.2, -0.15) is 0 Å². The fourth-order valence-electron chi connectivity index (χ4n) is 1.81. The first-order chi connectivity index (χ1) is 8.54. The van der Waals surface area contributed by atoms with Gasteiger partial charge in [0.25, 0.3) is 5.91 Å². The third kappa shape index (κ3) is 4.37. The van der Waals surface area contributed by atoms with Gasteiger partial charge in [0.2, 0.25) is 0 Å². The number of aliphatic hydroxyl groups excluding tert-OH is 1. The Balaban J connectivity index is 2.71. The molecule has 1 aromatic carbocycles. The van der Waals surface area contributed by atoms with Crippen molar-refractivity contribution in [1.82, 2.24) is 5.32 Å². The molecule has 0 aliphatic rings. The maximum Gasteiger partial charge on any atom is 0.255 e. The second kappa shape index (κ2) is 7.01. The Bertz CT molecular complexity index is 390. The summed E-state index contributed by atoms with van der Waals surface area (Å²) in [7, 11) is 0. The predicted molar refractivity (Wildman–Crippen MR) is 70.8 cm³/mol. The number of rotatable bonds is 6. The Morgan fingerprint density at radius 2 is 2.06 bits per heavy atom. The lowest BCUT2D eigenvalue weighted by molar-refractivity contribution is 0.0919. The van der Waals surface area contributed by atoms with Gasteiger partial charge >= 0.3 is 0 Å². The average molecular weight is 251 g/mol. The van der Waals surface area contributed by atoms with Crippen LogP contribution in [0.1, 0.15) is 37.6 Å². The molecule has 4 nitrogen and oxygen atoms in total. The molecule has 100 valence electrons. The van der Waals surface area contributed by atoms with Crippen molar-refractivity contribution in [2.45, 2.75) is 39.3 Å². The lowest BCUT2D eigenvalue weighted by Gasteiger charge is -2.16. The van der Waals surface area contributed by atoms with E-state index in [0.717, 1.165) is 0 Å². The molecule has 0 fully saturated rings. The lowest BCUT2D eigenvalue weighted by Crippen LogP contribution is -2.34. The van der Waals surface area contributed by atoms with E-state index in [2.05, 4.69) is 5.32 Å². The molecule has 0 saturated heterocycles. The van der Waals surface area contributed by atoms with Crippen molar-refractivity contribution in [3.63, 3.8) is 0 Å². The third-order valence-electron chi connectivity index (χ3n) is 2.50. The van der Waals surface area contributed by atoms with E-state index in [1.807, 2.05) is 19.9 Å². The maximum absolute atomic E-state index is 12.1. The normalized spacial score (nSPS) is 13.8. The molecule has 18 heavy (non-hydrogen) atoms. The smallest absolute Gasteiger partial charge is 0.255 e. The Kier molecular flexibility index (Phi) is 5.65. The van der Waals surface area contributed by atoms with Gasteiger partial charge in [-0.05, 0) is 39.3 Å². The number of carbonyl (C=O) groups is 1. The van der Waals surface area contributed by atoms with E-state index in [4.69, 9.17) is 4.74 Å². The lowest BCUT2D eigenvalue weighted by atomic mass is 10.1. The van der Waals surface area contributed by atoms with Crippen LogP contribution in [0.15, 0.2) is 24.3 Å². The van der Waals surface area contributed by atoms with E-state index in [-0.39, 0.29) is 11.9 Å². The minimum absolute atomic E-state index is 0.0767. The van der Waals surface area contributed by atoms with Gasteiger partial charge in [0.1, 0.15) is 5.75 Å². The zero-order valence-corrected chi connectivity index (χ0v) is 11.1. The topological polar surface area (TPSA) is 58.6 Å². The summed E-state index contributed by atoms with van der Waals surface area (Å²) in [5.74, 6) is 0.411. The summed E-state index contributed by atoms with van der Waals surface area (Å²) in [4.78, 5) is 12.1. The second-order valence-electron chi connectivity index (χ2n) is 4.39. The van der Waals surface area contributed by atoms with Crippen molar-refractivity contribution in [3.8, 4) is 5.75 Å². The van der Waals surface area contributed by atoms with E-state index < -0.39 is 6.10 Å². The molecule has 0 aliphatic heterocycles. The second-order valence-corrected chi connectivity index (χ2v) is 4.39. The van der Waals surface area contributed by atoms with Gasteiger partial charge in [-0.15, -0.1) is 0 Å². The van der Waals surface area contributed by atoms with Crippen LogP contribution < -0.4 is 10.1 Å². The van der Waals surface area contributed by atoms with E-state index >= 15 is 0 Å². The van der Waals surface area contributed by atoms with Gasteiger partial charge < -0.3 is 15.2 Å². The number of hydrogen-bond acceptors (Lipinski definition) is 3. The van der Waals surface area contributed by atoms with E-state index in [1.165, 1.54) is 0 Å². The van der Waals surface area contributed by atoms with Gasteiger partial charge in [0.15, 0.2) is 0 Å². The molecule has 4 heteroatoms. The molecular formula is C14H21NO3. The first-order valence-corrected chi connectivity index (χ1v) is 6.25. The molecule has 0 bridgehead atoms. The number of ether oxygens (including phenoxy) is 1. The molecule has 0 radical (unpaired) electrons. The van der Waals surface area contributed by atoms with E-state index in [9.17, 15) is 9.90 Å². The highest BCUT2D eigenvalue weighted by Gasteiger charge is 2.15. The first kappa shape index (κ1) is 14.5. The third-order valence-corrected chi connectivity index (χ3v) is 2.50. The predicted octanol–water partition coefficient (Wildman–Crippen LogP) is 1.97. The summed E-state index contributed by atoms with van der Waals surface area (Å²) in [5, 5.41) is 12.1. The number of para-hydroxylation sites is 1. The van der Waals surface area contributed by atoms with Crippen LogP contribution in [-0.4, -0.2) is 29.8 Å². The molecule has 0 spiro atoms. The monoisotopic (exact) mass is 251 g/mol. The van der Waals surface area contributed by atoms with Crippen molar-refractivity contribution >= 4 is 5.91 Å². The molecule has 2 N–H and O–H groups in total. The van der Waals surface area contributed by atoms with Crippen LogP contribution in [0, 0.1) is 0 Å². The number of benzene rings is 1. The molecule has 1 amide bonds. The highest BCUT2D eigenvalue weighted by atomic mass is 16.5. The molecule has 0 heterocycles. The number of nitrogens with one attached hydrogen (secondary N) is 1. The van der Waals surface area contributed by atoms with Crippen LogP contribution in [0.25, 0.3) is 0 Å². The van der Waals surface area contributed by atoms with Gasteiger partial charge in [-0.1, -0.05) is 12.1 Å². The molecule has 1 rings (SSSR count). The van der Waals surface area contributed by atoms with Crippen LogP contribution in [-0.2, 0) is 0 Å². The molecule has 0 saturated carbocycles. The summed E-state index contributed by atoms with van der Waals surface area (Å²) < 4.78 is 5.41. The maximum atomic E-state index is 12.1. The van der Waals surface area contributed by atoms with Gasteiger partial charge in [0, 0.05) is 6.04 Å². The highest BCUT2D eigenvalue weighted by molar-refractivity contribution is 5.97. The molecule has 0 aliphatic carbocycles. The summed E-state index contributed by atoms with van der Waals surface area (Å²) in [6, 6.07) is 7.07. The Morgan fingerprint density at radius 3 is 2.67 bits per heavy atom. The van der Waals surface area contributed by atoms with Crippen molar-refractivity contribution in [1.29, 1.82) is 0 Å². The SMILES string of the molecule is CCOc1ccccc1C(=O)NC(C)CC(C)O. The van der Waals surface area contributed by atoms with Gasteiger partial charge in [-0.25, -0.2) is 0 Å². The molecule has 0 aromatic heterocycles. The Labute approximate surface area is 108 Å². The fraction of sp³-hybridized carbons (Fsp3) is 0.500. The molecule has 2 atom stereocenters. The van der Waals surface area contributed by atoms with Gasteiger partial charge in [0.05, 0.1) is 18.3 Å². The largest absolute Gasteiger partial charge is 0.493 e. The average Bonchev–Trinajstić information content (AvgIpc) is 2.28. The highest BCUT2D eigenvalue weighted by Crippen LogP contribution is 2.18. The number of hydrogen-bond donors (Lipinski definition) is 2. The van der Waals surface area contributed by atoms with Crippen LogP contribution >= 0.6 is 0 Å². The summed E-state index contributed by atoms with van der Waals surface area (Å²) in [6.45, 7) is 5.98. The van der Waals surface area contributed by atoms with Crippen LogP contribution in [0.3, 0.4) is 0 Å². The van der Waals surface area contributed by atoms with Crippen LogP contribution in [0.2, 0.25) is 0 Å². The molecular weight excluding hydrogens is 230 g/mol. The zero-order chi connectivity index (χ0) is 13.5. The summed E-state index contributed by atoms with van der Waals surface area (Å²) in [6.07, 6.45) is 0.102.